The van der Waals surface area contributed by atoms with E-state index in [9.17, 15) is 4.79 Å². The van der Waals surface area contributed by atoms with Crippen LogP contribution in [0.3, 0.4) is 0 Å². The second-order valence-corrected chi connectivity index (χ2v) is 3.89. The smallest absolute Gasteiger partial charge is 0.224 e. The molecule has 0 aliphatic heterocycles. The Morgan fingerprint density at radius 3 is 3.00 bits per heavy atom. The summed E-state index contributed by atoms with van der Waals surface area (Å²) in [6.45, 7) is 0.629. The van der Waals surface area contributed by atoms with Gasteiger partial charge in [-0.05, 0) is 47.4 Å². The first-order valence-corrected chi connectivity index (χ1v) is 5.64. The van der Waals surface area contributed by atoms with Gasteiger partial charge in [0.2, 0.25) is 5.91 Å². The van der Waals surface area contributed by atoms with Gasteiger partial charge in [0, 0.05) is 12.6 Å². The number of carbonyl (C=O) groups is 1. The highest BCUT2D eigenvalue weighted by Gasteiger charge is 2.04. The highest BCUT2D eigenvalue weighted by Crippen LogP contribution is 2.18. The van der Waals surface area contributed by atoms with Crippen molar-refractivity contribution in [3.05, 3.63) is 22.9 Å². The average Bonchev–Trinajstić information content (AvgIpc) is 2.22. The number of aromatic nitrogens is 1. The number of pyridine rings is 1. The molecule has 1 heterocycles. The maximum absolute atomic E-state index is 11.4. The van der Waals surface area contributed by atoms with Crippen LogP contribution in [0.4, 0.5) is 5.69 Å². The normalized spacial score (nSPS) is 10.0. The number of rotatable bonds is 5. The van der Waals surface area contributed by atoms with Gasteiger partial charge in [0.25, 0.3) is 0 Å². The summed E-state index contributed by atoms with van der Waals surface area (Å²) in [6, 6.07) is 3.58. The number of carbonyl (C=O) groups excluding carboxylic acids is 1. The van der Waals surface area contributed by atoms with Gasteiger partial charge in [-0.3, -0.25) is 4.79 Å². The van der Waals surface area contributed by atoms with E-state index in [1.165, 1.54) is 0 Å². The Morgan fingerprint density at radius 1 is 1.53 bits per heavy atom. The Morgan fingerprint density at radius 2 is 2.33 bits per heavy atom. The largest absolute Gasteiger partial charge is 0.330 e. The molecule has 0 bridgehead atoms. The molecule has 0 radical (unpaired) electrons. The first-order valence-electron chi connectivity index (χ1n) is 4.84. The predicted molar refractivity (Wildman–Crippen MR) is 63.5 cm³/mol. The minimum atomic E-state index is -0.00264. The monoisotopic (exact) mass is 271 g/mol. The van der Waals surface area contributed by atoms with Crippen LogP contribution in [0.1, 0.15) is 19.3 Å². The van der Waals surface area contributed by atoms with Crippen molar-refractivity contribution >= 4 is 27.5 Å². The van der Waals surface area contributed by atoms with Crippen LogP contribution in [-0.4, -0.2) is 17.4 Å². The summed E-state index contributed by atoms with van der Waals surface area (Å²) >= 11 is 3.26. The molecule has 0 saturated heterocycles. The van der Waals surface area contributed by atoms with E-state index in [0.717, 1.165) is 12.8 Å². The van der Waals surface area contributed by atoms with Gasteiger partial charge >= 0.3 is 0 Å². The van der Waals surface area contributed by atoms with Crippen LogP contribution in [0.15, 0.2) is 22.9 Å². The molecule has 0 spiro atoms. The zero-order valence-electron chi connectivity index (χ0n) is 8.37. The van der Waals surface area contributed by atoms with E-state index >= 15 is 0 Å². The van der Waals surface area contributed by atoms with Gasteiger partial charge in [-0.15, -0.1) is 0 Å². The molecule has 15 heavy (non-hydrogen) atoms. The van der Waals surface area contributed by atoms with Gasteiger partial charge < -0.3 is 11.1 Å². The highest BCUT2D eigenvalue weighted by atomic mass is 79.9. The second kappa shape index (κ2) is 6.53. The number of hydrogen-bond donors (Lipinski definition) is 2. The van der Waals surface area contributed by atoms with Crippen LogP contribution >= 0.6 is 15.9 Å². The number of amides is 1. The SMILES string of the molecule is NCCCCC(=O)Nc1cccnc1Br. The molecule has 0 saturated carbocycles. The van der Waals surface area contributed by atoms with Crippen molar-refractivity contribution in [2.75, 3.05) is 11.9 Å². The summed E-state index contributed by atoms with van der Waals surface area (Å²) in [5.74, 6) is -0.00264. The van der Waals surface area contributed by atoms with Crippen molar-refractivity contribution in [3.63, 3.8) is 0 Å². The van der Waals surface area contributed by atoms with E-state index in [2.05, 4.69) is 26.2 Å². The molecule has 0 aliphatic rings. The van der Waals surface area contributed by atoms with Crippen LogP contribution < -0.4 is 11.1 Å². The van der Waals surface area contributed by atoms with Crippen molar-refractivity contribution in [1.29, 1.82) is 0 Å². The van der Waals surface area contributed by atoms with Crippen molar-refractivity contribution in [1.82, 2.24) is 4.98 Å². The lowest BCUT2D eigenvalue weighted by Gasteiger charge is -2.05. The van der Waals surface area contributed by atoms with Gasteiger partial charge in [-0.25, -0.2) is 4.98 Å². The molecular weight excluding hydrogens is 258 g/mol. The molecule has 5 heteroatoms. The zero-order valence-corrected chi connectivity index (χ0v) is 9.96. The van der Waals surface area contributed by atoms with Crippen LogP contribution in [0, 0.1) is 0 Å². The molecule has 0 aliphatic carbocycles. The maximum atomic E-state index is 11.4. The number of nitrogens with zero attached hydrogens (tertiary/aromatic N) is 1. The van der Waals surface area contributed by atoms with Crippen LogP contribution in [0.2, 0.25) is 0 Å². The number of nitrogens with one attached hydrogen (secondary N) is 1. The predicted octanol–water partition coefficient (Wildman–Crippen LogP) is 1.91. The Bertz CT molecular complexity index is 330. The van der Waals surface area contributed by atoms with Gasteiger partial charge in [-0.2, -0.15) is 0 Å². The molecule has 3 N–H and O–H groups in total. The van der Waals surface area contributed by atoms with E-state index in [0.29, 0.717) is 23.3 Å². The van der Waals surface area contributed by atoms with Crippen molar-refractivity contribution in [3.8, 4) is 0 Å². The van der Waals surface area contributed by atoms with E-state index in [4.69, 9.17) is 5.73 Å². The summed E-state index contributed by atoms with van der Waals surface area (Å²) in [6.07, 6.45) is 3.86. The molecule has 0 aromatic carbocycles. The number of anilines is 1. The van der Waals surface area contributed by atoms with Crippen molar-refractivity contribution < 1.29 is 4.79 Å². The second-order valence-electron chi connectivity index (χ2n) is 3.14. The zero-order chi connectivity index (χ0) is 11.1. The summed E-state index contributed by atoms with van der Waals surface area (Å²) in [5.41, 5.74) is 6.05. The third-order valence-corrected chi connectivity index (χ3v) is 2.52. The highest BCUT2D eigenvalue weighted by molar-refractivity contribution is 9.10. The van der Waals surface area contributed by atoms with Gasteiger partial charge in [0.15, 0.2) is 0 Å². The molecule has 1 aromatic rings. The van der Waals surface area contributed by atoms with Crippen LogP contribution in [0.5, 0.6) is 0 Å². The fraction of sp³-hybridized carbons (Fsp3) is 0.400. The number of hydrogen-bond acceptors (Lipinski definition) is 3. The van der Waals surface area contributed by atoms with E-state index in [1.807, 2.05) is 0 Å². The fourth-order valence-corrected chi connectivity index (χ4v) is 1.47. The first-order chi connectivity index (χ1) is 7.24. The lowest BCUT2D eigenvalue weighted by atomic mass is 10.2. The quantitative estimate of drug-likeness (QED) is 0.635. The number of nitrogens with two attached hydrogens (primary N) is 1. The minimum absolute atomic E-state index is 0.00264. The average molecular weight is 272 g/mol. The van der Waals surface area contributed by atoms with Gasteiger partial charge in [-0.1, -0.05) is 0 Å². The fourth-order valence-electron chi connectivity index (χ4n) is 1.12. The third-order valence-electron chi connectivity index (χ3n) is 1.89. The van der Waals surface area contributed by atoms with Crippen molar-refractivity contribution in [2.45, 2.75) is 19.3 Å². The Balaban J connectivity index is 2.41. The molecule has 0 atom stereocenters. The molecule has 0 unspecified atom stereocenters. The summed E-state index contributed by atoms with van der Waals surface area (Å²) < 4.78 is 0.650. The molecule has 4 nitrogen and oxygen atoms in total. The van der Waals surface area contributed by atoms with E-state index in [1.54, 1.807) is 18.3 Å². The van der Waals surface area contributed by atoms with Crippen molar-refractivity contribution in [2.24, 2.45) is 5.73 Å². The topological polar surface area (TPSA) is 68.0 Å². The molecule has 1 rings (SSSR count). The maximum Gasteiger partial charge on any atom is 0.224 e. The van der Waals surface area contributed by atoms with Crippen LogP contribution in [0.25, 0.3) is 0 Å². The molecule has 82 valence electrons. The lowest BCUT2D eigenvalue weighted by Crippen LogP contribution is -2.12. The standard InChI is InChI=1S/C10H14BrN3O/c11-10-8(4-3-7-13-10)14-9(15)5-1-2-6-12/h3-4,7H,1-2,5-6,12H2,(H,14,15). The first kappa shape index (κ1) is 12.1. The number of unbranched alkanes of at least 4 members (excludes halogenated alkanes) is 1. The Labute approximate surface area is 97.4 Å². The van der Waals surface area contributed by atoms with E-state index < -0.39 is 0 Å². The molecule has 0 fully saturated rings. The molecule has 1 amide bonds. The van der Waals surface area contributed by atoms with E-state index in [-0.39, 0.29) is 5.91 Å². The summed E-state index contributed by atoms with van der Waals surface area (Å²) in [4.78, 5) is 15.4. The van der Waals surface area contributed by atoms with Gasteiger partial charge in [0.1, 0.15) is 4.60 Å². The molecule has 1 aromatic heterocycles. The van der Waals surface area contributed by atoms with Gasteiger partial charge in [0.05, 0.1) is 5.69 Å². The summed E-state index contributed by atoms with van der Waals surface area (Å²) in [5, 5.41) is 2.78. The Hall–Kier alpha value is -0.940. The van der Waals surface area contributed by atoms with Crippen LogP contribution in [-0.2, 0) is 4.79 Å². The Kier molecular flexibility index (Phi) is 5.28. The minimum Gasteiger partial charge on any atom is -0.330 e. The lowest BCUT2D eigenvalue weighted by molar-refractivity contribution is -0.116. The third kappa shape index (κ3) is 4.40. The number of halogens is 1. The molecular formula is C10H14BrN3O. The summed E-state index contributed by atoms with van der Waals surface area (Å²) in [7, 11) is 0.